The first-order valence-electron chi connectivity index (χ1n) is 6.80. The average Bonchev–Trinajstić information content (AvgIpc) is 2.35. The first-order valence-corrected chi connectivity index (χ1v) is 8.24. The maximum Gasteiger partial charge on any atom is 0.243 e. The van der Waals surface area contributed by atoms with Crippen LogP contribution in [0.4, 0.5) is 0 Å². The molecular formula is C15H26N2O2S. The van der Waals surface area contributed by atoms with Crippen molar-refractivity contribution in [3.05, 3.63) is 29.3 Å². The minimum atomic E-state index is -3.51. The van der Waals surface area contributed by atoms with Crippen molar-refractivity contribution in [2.24, 2.45) is 11.1 Å². The first-order chi connectivity index (χ1) is 9.03. The highest BCUT2D eigenvalue weighted by Gasteiger charge is 2.33. The minimum absolute atomic E-state index is 0.103. The number of hydrogen-bond donors (Lipinski definition) is 1. The van der Waals surface area contributed by atoms with Crippen molar-refractivity contribution in [2.75, 3.05) is 7.05 Å². The fourth-order valence-electron chi connectivity index (χ4n) is 2.07. The van der Waals surface area contributed by atoms with Gasteiger partial charge in [-0.2, -0.15) is 4.31 Å². The summed E-state index contributed by atoms with van der Waals surface area (Å²) in [5, 5.41) is 0. The third-order valence-electron chi connectivity index (χ3n) is 4.07. The van der Waals surface area contributed by atoms with Crippen molar-refractivity contribution >= 4 is 10.0 Å². The molecule has 0 aliphatic carbocycles. The summed E-state index contributed by atoms with van der Waals surface area (Å²) in [5.74, 6) is 0. The van der Waals surface area contributed by atoms with Crippen LogP contribution in [0.25, 0.3) is 0 Å². The summed E-state index contributed by atoms with van der Waals surface area (Å²) in [4.78, 5) is 0.346. The molecular weight excluding hydrogens is 272 g/mol. The predicted molar refractivity (Wildman–Crippen MR) is 82.9 cm³/mol. The molecule has 0 spiro atoms. The van der Waals surface area contributed by atoms with Crippen LogP contribution in [0.3, 0.4) is 0 Å². The molecule has 0 amide bonds. The van der Waals surface area contributed by atoms with E-state index in [0.717, 1.165) is 11.1 Å². The van der Waals surface area contributed by atoms with Crippen molar-refractivity contribution in [1.29, 1.82) is 0 Å². The summed E-state index contributed by atoms with van der Waals surface area (Å²) >= 11 is 0. The summed E-state index contributed by atoms with van der Waals surface area (Å²) in [6.45, 7) is 10.2. The summed E-state index contributed by atoms with van der Waals surface area (Å²) in [5.41, 5.74) is 7.14. The Kier molecular flexibility index (Phi) is 5.00. The second kappa shape index (κ2) is 5.84. The molecule has 0 saturated heterocycles. The zero-order chi connectivity index (χ0) is 15.7. The highest BCUT2D eigenvalue weighted by molar-refractivity contribution is 7.89. The molecule has 0 aromatic heterocycles. The second-order valence-corrected chi connectivity index (χ2v) is 8.27. The minimum Gasteiger partial charge on any atom is -0.326 e. The lowest BCUT2D eigenvalue weighted by atomic mass is 9.88. The number of rotatable bonds is 4. The highest BCUT2D eigenvalue weighted by Crippen LogP contribution is 2.29. The van der Waals surface area contributed by atoms with E-state index >= 15 is 0 Å². The molecule has 5 heteroatoms. The maximum absolute atomic E-state index is 12.8. The molecule has 1 aromatic rings. The fourth-order valence-corrected chi connectivity index (χ4v) is 3.88. The molecule has 0 aliphatic heterocycles. The molecule has 1 atom stereocenters. The maximum atomic E-state index is 12.8. The smallest absolute Gasteiger partial charge is 0.243 e. The number of nitrogens with two attached hydrogens (primary N) is 1. The summed E-state index contributed by atoms with van der Waals surface area (Å²) in [7, 11) is -1.87. The topological polar surface area (TPSA) is 63.4 Å². The van der Waals surface area contributed by atoms with Gasteiger partial charge in [0.15, 0.2) is 0 Å². The van der Waals surface area contributed by atoms with Crippen LogP contribution in [0.2, 0.25) is 0 Å². The molecule has 4 nitrogen and oxygen atoms in total. The Morgan fingerprint density at radius 1 is 1.30 bits per heavy atom. The van der Waals surface area contributed by atoms with Gasteiger partial charge in [-0.1, -0.05) is 32.9 Å². The van der Waals surface area contributed by atoms with Gasteiger partial charge in [0.2, 0.25) is 10.0 Å². The Morgan fingerprint density at radius 2 is 1.85 bits per heavy atom. The van der Waals surface area contributed by atoms with Gasteiger partial charge in [0.1, 0.15) is 0 Å². The Labute approximate surface area is 123 Å². The van der Waals surface area contributed by atoms with E-state index in [2.05, 4.69) is 0 Å². The summed E-state index contributed by atoms with van der Waals surface area (Å²) in [6, 6.07) is 5.16. The van der Waals surface area contributed by atoms with E-state index in [1.807, 2.05) is 40.7 Å². The van der Waals surface area contributed by atoms with E-state index in [9.17, 15) is 8.42 Å². The molecule has 0 bridgehead atoms. The van der Waals surface area contributed by atoms with Gasteiger partial charge < -0.3 is 5.73 Å². The molecule has 0 saturated carbocycles. The number of nitrogens with zero attached hydrogens (tertiary/aromatic N) is 1. The van der Waals surface area contributed by atoms with E-state index in [1.54, 1.807) is 19.2 Å². The lowest BCUT2D eigenvalue weighted by molar-refractivity contribution is 0.216. The molecule has 1 unspecified atom stereocenters. The predicted octanol–water partition coefficient (Wildman–Crippen LogP) is 2.51. The van der Waals surface area contributed by atoms with Crippen molar-refractivity contribution in [1.82, 2.24) is 4.31 Å². The molecule has 1 aromatic carbocycles. The van der Waals surface area contributed by atoms with Crippen molar-refractivity contribution in [3.63, 3.8) is 0 Å². The van der Waals surface area contributed by atoms with E-state index in [0.29, 0.717) is 11.4 Å². The Morgan fingerprint density at radius 3 is 2.30 bits per heavy atom. The van der Waals surface area contributed by atoms with Crippen LogP contribution in [0.1, 0.15) is 38.8 Å². The van der Waals surface area contributed by atoms with E-state index in [1.165, 1.54) is 4.31 Å². The molecule has 1 rings (SSSR count). The van der Waals surface area contributed by atoms with Crippen molar-refractivity contribution < 1.29 is 8.42 Å². The molecule has 20 heavy (non-hydrogen) atoms. The average molecular weight is 298 g/mol. The van der Waals surface area contributed by atoms with Crippen LogP contribution in [0.5, 0.6) is 0 Å². The normalized spacial score (nSPS) is 14.6. The molecule has 0 fully saturated rings. The van der Waals surface area contributed by atoms with Gasteiger partial charge in [0.05, 0.1) is 4.90 Å². The van der Waals surface area contributed by atoms with E-state index in [-0.39, 0.29) is 11.5 Å². The van der Waals surface area contributed by atoms with Crippen LogP contribution in [-0.2, 0) is 16.6 Å². The molecule has 114 valence electrons. The second-order valence-electron chi connectivity index (χ2n) is 6.31. The van der Waals surface area contributed by atoms with E-state index in [4.69, 9.17) is 5.73 Å². The van der Waals surface area contributed by atoms with Crippen LogP contribution < -0.4 is 5.73 Å². The first kappa shape index (κ1) is 17.1. The SMILES string of the molecule is Cc1c(CN)cccc1S(=O)(=O)N(C)C(C)C(C)(C)C. The zero-order valence-corrected chi connectivity index (χ0v) is 14.1. The lowest BCUT2D eigenvalue weighted by Gasteiger charge is -2.34. The van der Waals surface area contributed by atoms with Gasteiger partial charge in [-0.3, -0.25) is 0 Å². The molecule has 0 heterocycles. The Bertz CT molecular complexity index is 574. The number of sulfonamides is 1. The van der Waals surface area contributed by atoms with Crippen LogP contribution in [0, 0.1) is 12.3 Å². The van der Waals surface area contributed by atoms with Gasteiger partial charge in [-0.15, -0.1) is 0 Å². The molecule has 2 N–H and O–H groups in total. The zero-order valence-electron chi connectivity index (χ0n) is 13.3. The van der Waals surface area contributed by atoms with Gasteiger partial charge in [-0.25, -0.2) is 8.42 Å². The van der Waals surface area contributed by atoms with Gasteiger partial charge in [0.25, 0.3) is 0 Å². The van der Waals surface area contributed by atoms with Crippen LogP contribution in [-0.4, -0.2) is 25.8 Å². The Hall–Kier alpha value is -0.910. The van der Waals surface area contributed by atoms with Crippen molar-refractivity contribution in [2.45, 2.75) is 52.1 Å². The number of hydrogen-bond acceptors (Lipinski definition) is 3. The van der Waals surface area contributed by atoms with Crippen molar-refractivity contribution in [3.8, 4) is 0 Å². The molecule has 0 radical (unpaired) electrons. The van der Waals surface area contributed by atoms with Crippen LogP contribution in [0.15, 0.2) is 23.1 Å². The van der Waals surface area contributed by atoms with Gasteiger partial charge in [-0.05, 0) is 36.5 Å². The van der Waals surface area contributed by atoms with Gasteiger partial charge >= 0.3 is 0 Å². The quantitative estimate of drug-likeness (QED) is 0.929. The molecule has 0 aliphatic rings. The number of benzene rings is 1. The largest absolute Gasteiger partial charge is 0.326 e. The third kappa shape index (κ3) is 3.22. The standard InChI is InChI=1S/C15H26N2O2S/c1-11-13(10-16)8-7-9-14(11)20(18,19)17(6)12(2)15(3,4)5/h7-9,12H,10,16H2,1-6H3. The van der Waals surface area contributed by atoms with E-state index < -0.39 is 10.0 Å². The van der Waals surface area contributed by atoms with Gasteiger partial charge in [0, 0.05) is 19.6 Å². The highest BCUT2D eigenvalue weighted by atomic mass is 32.2. The summed E-state index contributed by atoms with van der Waals surface area (Å²) < 4.78 is 27.0. The monoisotopic (exact) mass is 298 g/mol. The summed E-state index contributed by atoms with van der Waals surface area (Å²) in [6.07, 6.45) is 0. The third-order valence-corrected chi connectivity index (χ3v) is 6.14. The Balaban J connectivity index is 3.31. The fraction of sp³-hybridized carbons (Fsp3) is 0.600. The van der Waals surface area contributed by atoms with Crippen LogP contribution >= 0.6 is 0 Å². The lowest BCUT2D eigenvalue weighted by Crippen LogP contribution is -2.43.